The molecule has 0 spiro atoms. The zero-order valence-electron chi connectivity index (χ0n) is 7.17. The molecule has 0 saturated carbocycles. The summed E-state index contributed by atoms with van der Waals surface area (Å²) < 4.78 is 0. The van der Waals surface area contributed by atoms with Gasteiger partial charge in [0, 0.05) is 0 Å². The van der Waals surface area contributed by atoms with Gasteiger partial charge in [-0.1, -0.05) is 24.3 Å². The molecule has 0 amide bonds. The molecule has 1 aliphatic rings. The molecule has 0 saturated heterocycles. The highest BCUT2D eigenvalue weighted by molar-refractivity contribution is 5.73. The minimum absolute atomic E-state index is 0.147. The van der Waals surface area contributed by atoms with Gasteiger partial charge in [0.25, 0.3) is 0 Å². The van der Waals surface area contributed by atoms with Crippen LogP contribution >= 0.6 is 0 Å². The van der Waals surface area contributed by atoms with Crippen LogP contribution in [0.4, 0.5) is 0 Å². The third-order valence-electron chi connectivity index (χ3n) is 2.43. The van der Waals surface area contributed by atoms with Crippen LogP contribution in [0.25, 0.3) is 5.57 Å². The topological polar surface area (TPSA) is 20.2 Å². The summed E-state index contributed by atoms with van der Waals surface area (Å²) in [5.74, 6) is 0. The van der Waals surface area contributed by atoms with E-state index in [9.17, 15) is 0 Å². The summed E-state index contributed by atoms with van der Waals surface area (Å²) in [6, 6.07) is 6.12. The molecule has 0 aromatic heterocycles. The maximum absolute atomic E-state index is 9.09. The quantitative estimate of drug-likeness (QED) is 0.667. The second kappa shape index (κ2) is 2.76. The normalized spacial score (nSPS) is 14.3. The van der Waals surface area contributed by atoms with Crippen LogP contribution in [0.15, 0.2) is 24.3 Å². The van der Waals surface area contributed by atoms with Gasteiger partial charge in [0.1, 0.15) is 0 Å². The van der Waals surface area contributed by atoms with Crippen LogP contribution < -0.4 is 0 Å². The van der Waals surface area contributed by atoms with E-state index in [1.165, 1.54) is 16.7 Å². The Labute approximate surface area is 72.4 Å². The fourth-order valence-electron chi connectivity index (χ4n) is 1.83. The van der Waals surface area contributed by atoms with Crippen LogP contribution in [-0.4, -0.2) is 5.11 Å². The molecule has 0 unspecified atom stereocenters. The van der Waals surface area contributed by atoms with Gasteiger partial charge in [0.2, 0.25) is 0 Å². The fourth-order valence-corrected chi connectivity index (χ4v) is 1.83. The number of hydrogen-bond acceptors (Lipinski definition) is 1. The van der Waals surface area contributed by atoms with Crippen molar-refractivity contribution >= 4 is 5.57 Å². The Hall–Kier alpha value is -1.08. The van der Waals surface area contributed by atoms with Gasteiger partial charge >= 0.3 is 0 Å². The lowest BCUT2D eigenvalue weighted by molar-refractivity contribution is 0.281. The zero-order chi connectivity index (χ0) is 8.55. The van der Waals surface area contributed by atoms with Crippen LogP contribution in [0.3, 0.4) is 0 Å². The summed E-state index contributed by atoms with van der Waals surface area (Å²) in [5.41, 5.74) is 4.97. The Balaban J connectivity index is 2.60. The Kier molecular flexibility index (Phi) is 1.74. The SMILES string of the molecule is CC1=CCc2cccc(CO)c21. The molecule has 0 atom stereocenters. The third-order valence-corrected chi connectivity index (χ3v) is 2.43. The van der Waals surface area contributed by atoms with E-state index in [0.717, 1.165) is 12.0 Å². The van der Waals surface area contributed by atoms with Gasteiger partial charge in [-0.3, -0.25) is 0 Å². The average Bonchev–Trinajstić information content (AvgIpc) is 2.48. The van der Waals surface area contributed by atoms with E-state index >= 15 is 0 Å². The van der Waals surface area contributed by atoms with Crippen molar-refractivity contribution in [3.05, 3.63) is 41.0 Å². The summed E-state index contributed by atoms with van der Waals surface area (Å²) in [7, 11) is 0. The second-order valence-electron chi connectivity index (χ2n) is 3.20. The van der Waals surface area contributed by atoms with E-state index in [-0.39, 0.29) is 6.61 Å². The molecule has 0 fully saturated rings. The van der Waals surface area contributed by atoms with Crippen LogP contribution in [-0.2, 0) is 13.0 Å². The molecule has 1 aromatic carbocycles. The first-order valence-electron chi connectivity index (χ1n) is 4.21. The highest BCUT2D eigenvalue weighted by Gasteiger charge is 2.13. The average molecular weight is 160 g/mol. The monoisotopic (exact) mass is 160 g/mol. The van der Waals surface area contributed by atoms with Crippen molar-refractivity contribution in [3.63, 3.8) is 0 Å². The zero-order valence-corrected chi connectivity index (χ0v) is 7.17. The Morgan fingerprint density at radius 3 is 3.00 bits per heavy atom. The van der Waals surface area contributed by atoms with Crippen molar-refractivity contribution in [2.24, 2.45) is 0 Å². The maximum Gasteiger partial charge on any atom is 0.0687 e. The number of rotatable bonds is 1. The predicted octanol–water partition coefficient (Wildman–Crippen LogP) is 2.14. The van der Waals surface area contributed by atoms with Crippen molar-refractivity contribution in [1.29, 1.82) is 0 Å². The Morgan fingerprint density at radius 2 is 2.25 bits per heavy atom. The van der Waals surface area contributed by atoms with Gasteiger partial charge in [-0.05, 0) is 35.6 Å². The second-order valence-corrected chi connectivity index (χ2v) is 3.20. The summed E-state index contributed by atoms with van der Waals surface area (Å²) in [5, 5.41) is 9.09. The molecule has 1 aliphatic carbocycles. The summed E-state index contributed by atoms with van der Waals surface area (Å²) in [6.45, 7) is 2.25. The minimum Gasteiger partial charge on any atom is -0.392 e. The summed E-state index contributed by atoms with van der Waals surface area (Å²) in [6.07, 6.45) is 3.23. The largest absolute Gasteiger partial charge is 0.392 e. The fraction of sp³-hybridized carbons (Fsp3) is 0.273. The van der Waals surface area contributed by atoms with Crippen molar-refractivity contribution < 1.29 is 5.11 Å². The van der Waals surface area contributed by atoms with Gasteiger partial charge in [0.15, 0.2) is 0 Å². The molecule has 2 rings (SSSR count). The van der Waals surface area contributed by atoms with Crippen molar-refractivity contribution in [1.82, 2.24) is 0 Å². The number of aliphatic hydroxyl groups is 1. The van der Waals surface area contributed by atoms with E-state index in [1.807, 2.05) is 12.1 Å². The number of benzene rings is 1. The number of fused-ring (bicyclic) bond motifs is 1. The molecular formula is C11H12O. The first-order valence-corrected chi connectivity index (χ1v) is 4.21. The van der Waals surface area contributed by atoms with E-state index in [1.54, 1.807) is 0 Å². The standard InChI is InChI=1S/C11H12O/c1-8-5-6-9-3-2-4-10(7-12)11(8)9/h2-5,12H,6-7H2,1H3. The molecule has 1 aromatic rings. The highest BCUT2D eigenvalue weighted by atomic mass is 16.3. The van der Waals surface area contributed by atoms with Gasteiger partial charge in [-0.25, -0.2) is 0 Å². The Morgan fingerprint density at radius 1 is 1.42 bits per heavy atom. The molecule has 0 bridgehead atoms. The number of aliphatic hydroxyl groups excluding tert-OH is 1. The lowest BCUT2D eigenvalue weighted by Crippen LogP contribution is -1.92. The third kappa shape index (κ3) is 0.978. The number of hydrogen-bond donors (Lipinski definition) is 1. The van der Waals surface area contributed by atoms with Crippen LogP contribution in [0, 0.1) is 0 Å². The maximum atomic E-state index is 9.09. The van der Waals surface area contributed by atoms with Crippen molar-refractivity contribution in [2.45, 2.75) is 20.0 Å². The molecular weight excluding hydrogens is 148 g/mol. The van der Waals surface area contributed by atoms with Crippen LogP contribution in [0.1, 0.15) is 23.6 Å². The van der Waals surface area contributed by atoms with E-state index < -0.39 is 0 Å². The molecule has 1 N–H and O–H groups in total. The lowest BCUT2D eigenvalue weighted by Gasteiger charge is -2.06. The van der Waals surface area contributed by atoms with E-state index in [2.05, 4.69) is 19.1 Å². The number of allylic oxidation sites excluding steroid dienone is 2. The smallest absolute Gasteiger partial charge is 0.0687 e. The molecule has 1 heteroatoms. The van der Waals surface area contributed by atoms with E-state index in [4.69, 9.17) is 5.11 Å². The Bertz CT molecular complexity index is 337. The molecule has 62 valence electrons. The van der Waals surface area contributed by atoms with Gasteiger partial charge < -0.3 is 5.11 Å². The van der Waals surface area contributed by atoms with Gasteiger partial charge in [0.05, 0.1) is 6.61 Å². The molecule has 12 heavy (non-hydrogen) atoms. The van der Waals surface area contributed by atoms with Crippen LogP contribution in [0.5, 0.6) is 0 Å². The minimum atomic E-state index is 0.147. The first-order chi connectivity index (χ1) is 5.83. The van der Waals surface area contributed by atoms with E-state index in [0.29, 0.717) is 0 Å². The summed E-state index contributed by atoms with van der Waals surface area (Å²) in [4.78, 5) is 0. The molecule has 1 nitrogen and oxygen atoms in total. The summed E-state index contributed by atoms with van der Waals surface area (Å²) >= 11 is 0. The predicted molar refractivity (Wildman–Crippen MR) is 49.7 cm³/mol. The lowest BCUT2D eigenvalue weighted by atomic mass is 10.0. The molecule has 0 aliphatic heterocycles. The van der Waals surface area contributed by atoms with Crippen molar-refractivity contribution in [2.75, 3.05) is 0 Å². The van der Waals surface area contributed by atoms with Crippen LogP contribution in [0.2, 0.25) is 0 Å². The van der Waals surface area contributed by atoms with Crippen molar-refractivity contribution in [3.8, 4) is 0 Å². The highest BCUT2D eigenvalue weighted by Crippen LogP contribution is 2.29. The van der Waals surface area contributed by atoms with Gasteiger partial charge in [-0.15, -0.1) is 0 Å². The molecule has 0 radical (unpaired) electrons. The molecule has 0 heterocycles. The first kappa shape index (κ1) is 7.56. The van der Waals surface area contributed by atoms with Gasteiger partial charge in [-0.2, -0.15) is 0 Å².